The van der Waals surface area contributed by atoms with Gasteiger partial charge in [0.2, 0.25) is 0 Å². The molecule has 0 bridgehead atoms. The highest BCUT2D eigenvalue weighted by Gasteiger charge is 2.48. The highest BCUT2D eigenvalue weighted by molar-refractivity contribution is 7.88. The molecule has 124 valence electrons. The van der Waals surface area contributed by atoms with E-state index in [1.54, 1.807) is 18.2 Å². The van der Waals surface area contributed by atoms with Crippen molar-refractivity contribution in [3.8, 4) is 5.75 Å². The quantitative estimate of drug-likeness (QED) is 0.622. The number of halogens is 3. The minimum Gasteiger partial charge on any atom is -0.376 e. The van der Waals surface area contributed by atoms with Gasteiger partial charge >= 0.3 is 15.6 Å². The molecule has 0 aromatic carbocycles. The Kier molecular flexibility index (Phi) is 4.46. The van der Waals surface area contributed by atoms with Crippen LogP contribution in [-0.2, 0) is 16.7 Å². The Bertz CT molecular complexity index is 861. The Morgan fingerprint density at radius 2 is 1.96 bits per heavy atom. The summed E-state index contributed by atoms with van der Waals surface area (Å²) in [6.45, 7) is 1.54. The number of nitrogens with zero attached hydrogens (tertiary/aromatic N) is 2. The Balaban J connectivity index is 2.33. The van der Waals surface area contributed by atoms with E-state index in [1.165, 1.54) is 17.7 Å². The minimum absolute atomic E-state index is 0.0950. The van der Waals surface area contributed by atoms with E-state index in [2.05, 4.69) is 9.17 Å². The molecule has 23 heavy (non-hydrogen) atoms. The van der Waals surface area contributed by atoms with Crippen molar-refractivity contribution in [1.29, 1.82) is 0 Å². The predicted octanol–water partition coefficient (Wildman–Crippen LogP) is 1.83. The van der Waals surface area contributed by atoms with E-state index in [0.717, 1.165) is 6.07 Å². The Morgan fingerprint density at radius 3 is 2.48 bits per heavy atom. The van der Waals surface area contributed by atoms with Crippen molar-refractivity contribution in [3.63, 3.8) is 0 Å². The maximum absolute atomic E-state index is 12.3. The number of rotatable bonds is 4. The molecule has 2 aromatic rings. The first-order valence-corrected chi connectivity index (χ1v) is 7.63. The first-order chi connectivity index (χ1) is 10.6. The summed E-state index contributed by atoms with van der Waals surface area (Å²) in [6.07, 6.45) is 1.53. The highest BCUT2D eigenvalue weighted by Crippen LogP contribution is 2.26. The fourth-order valence-corrected chi connectivity index (χ4v) is 2.22. The lowest BCUT2D eigenvalue weighted by Gasteiger charge is -2.13. The number of aromatic nitrogens is 2. The van der Waals surface area contributed by atoms with Crippen molar-refractivity contribution in [1.82, 2.24) is 9.55 Å². The third-order valence-electron chi connectivity index (χ3n) is 2.84. The summed E-state index contributed by atoms with van der Waals surface area (Å²) in [4.78, 5) is 16.0. The molecular weight excluding hydrogens is 337 g/mol. The first kappa shape index (κ1) is 17.0. The zero-order valence-corrected chi connectivity index (χ0v) is 12.6. The third kappa shape index (κ3) is 3.89. The van der Waals surface area contributed by atoms with Crippen LogP contribution in [-0.4, -0.2) is 23.5 Å². The molecule has 6 nitrogen and oxygen atoms in total. The number of hydrogen-bond donors (Lipinski definition) is 0. The molecule has 0 amide bonds. The van der Waals surface area contributed by atoms with Crippen LogP contribution in [0.15, 0.2) is 41.3 Å². The predicted molar refractivity (Wildman–Crippen MR) is 74.4 cm³/mol. The van der Waals surface area contributed by atoms with Gasteiger partial charge in [0.15, 0.2) is 0 Å². The van der Waals surface area contributed by atoms with Crippen molar-refractivity contribution >= 4 is 10.1 Å². The Morgan fingerprint density at radius 1 is 1.26 bits per heavy atom. The van der Waals surface area contributed by atoms with E-state index in [4.69, 9.17) is 0 Å². The fourth-order valence-electron chi connectivity index (χ4n) is 1.78. The van der Waals surface area contributed by atoms with E-state index in [1.807, 2.05) is 0 Å². The van der Waals surface area contributed by atoms with Gasteiger partial charge in [-0.3, -0.25) is 9.78 Å². The number of hydrogen-bond acceptors (Lipinski definition) is 5. The maximum atomic E-state index is 12.3. The van der Waals surface area contributed by atoms with E-state index < -0.39 is 26.9 Å². The summed E-state index contributed by atoms with van der Waals surface area (Å²) in [6, 6.07) is 6.80. The van der Waals surface area contributed by atoms with Gasteiger partial charge in [-0.2, -0.15) is 21.6 Å². The van der Waals surface area contributed by atoms with Crippen LogP contribution in [0.3, 0.4) is 0 Å². The summed E-state index contributed by atoms with van der Waals surface area (Å²) in [5.74, 6) is -0.693. The molecule has 2 heterocycles. The van der Waals surface area contributed by atoms with E-state index >= 15 is 0 Å². The van der Waals surface area contributed by atoms with Crippen LogP contribution in [0.5, 0.6) is 5.75 Å². The van der Waals surface area contributed by atoms with Crippen LogP contribution in [0.25, 0.3) is 0 Å². The standard InChI is InChI=1S/C13H11F3N2O4S/c1-9-6-11(22-23(20,21)13(14,15)16)7-12(19)18(9)8-10-4-2-3-5-17-10/h2-7H,8H2,1H3. The van der Waals surface area contributed by atoms with Gasteiger partial charge in [-0.25, -0.2) is 0 Å². The lowest BCUT2D eigenvalue weighted by atomic mass is 10.3. The van der Waals surface area contributed by atoms with E-state index in [0.29, 0.717) is 11.8 Å². The van der Waals surface area contributed by atoms with Crippen LogP contribution < -0.4 is 9.74 Å². The smallest absolute Gasteiger partial charge is 0.376 e. The SMILES string of the molecule is Cc1cc(OS(=O)(=O)C(F)(F)F)cc(=O)n1Cc1ccccn1. The van der Waals surface area contributed by atoms with Crippen LogP contribution in [0.4, 0.5) is 13.2 Å². The first-order valence-electron chi connectivity index (χ1n) is 6.22. The second-order valence-electron chi connectivity index (χ2n) is 4.56. The molecule has 0 saturated carbocycles. The van der Waals surface area contributed by atoms with Gasteiger partial charge in [-0.1, -0.05) is 6.07 Å². The molecule has 0 spiro atoms. The Hall–Kier alpha value is -2.36. The van der Waals surface area contributed by atoms with Crippen LogP contribution in [0, 0.1) is 6.92 Å². The van der Waals surface area contributed by atoms with E-state index in [-0.39, 0.29) is 12.2 Å². The lowest BCUT2D eigenvalue weighted by Crippen LogP contribution is -2.29. The molecule has 0 saturated heterocycles. The largest absolute Gasteiger partial charge is 0.534 e. The molecule has 0 aliphatic heterocycles. The van der Waals surface area contributed by atoms with Crippen molar-refractivity contribution in [2.45, 2.75) is 19.0 Å². The molecule has 0 unspecified atom stereocenters. The van der Waals surface area contributed by atoms with Crippen LogP contribution in [0.1, 0.15) is 11.4 Å². The maximum Gasteiger partial charge on any atom is 0.534 e. The number of aryl methyl sites for hydroxylation is 1. The molecule has 2 aromatic heterocycles. The molecule has 10 heteroatoms. The molecule has 0 N–H and O–H groups in total. The second-order valence-corrected chi connectivity index (χ2v) is 6.10. The summed E-state index contributed by atoms with van der Waals surface area (Å²) >= 11 is 0. The van der Waals surface area contributed by atoms with Crippen LogP contribution in [0.2, 0.25) is 0 Å². The minimum atomic E-state index is -5.82. The average Bonchev–Trinajstić information content (AvgIpc) is 2.42. The summed E-state index contributed by atoms with van der Waals surface area (Å²) in [7, 11) is -5.82. The van der Waals surface area contributed by atoms with E-state index in [9.17, 15) is 26.4 Å². The average molecular weight is 348 g/mol. The zero-order chi connectivity index (χ0) is 17.3. The topological polar surface area (TPSA) is 78.3 Å². The van der Waals surface area contributed by atoms with Gasteiger partial charge in [-0.05, 0) is 19.1 Å². The Labute approximate surface area is 129 Å². The lowest BCUT2D eigenvalue weighted by molar-refractivity contribution is -0.0500. The number of pyridine rings is 2. The van der Waals surface area contributed by atoms with Crippen molar-refractivity contribution in [3.05, 3.63) is 58.3 Å². The molecule has 0 radical (unpaired) electrons. The van der Waals surface area contributed by atoms with Crippen molar-refractivity contribution in [2.24, 2.45) is 0 Å². The molecule has 0 aliphatic rings. The molecule has 0 atom stereocenters. The third-order valence-corrected chi connectivity index (χ3v) is 3.82. The monoisotopic (exact) mass is 348 g/mol. The summed E-state index contributed by atoms with van der Waals surface area (Å²) < 4.78 is 63.9. The van der Waals surface area contributed by atoms with Crippen molar-refractivity contribution < 1.29 is 25.8 Å². The molecule has 0 aliphatic carbocycles. The van der Waals surface area contributed by atoms with Crippen molar-refractivity contribution in [2.75, 3.05) is 0 Å². The zero-order valence-electron chi connectivity index (χ0n) is 11.7. The molecule has 0 fully saturated rings. The van der Waals surface area contributed by atoms with Gasteiger partial charge in [0.05, 0.1) is 12.2 Å². The van der Waals surface area contributed by atoms with Gasteiger partial charge in [0, 0.05) is 24.0 Å². The van der Waals surface area contributed by atoms with Gasteiger partial charge in [-0.15, -0.1) is 0 Å². The summed E-state index contributed by atoms with van der Waals surface area (Å²) in [5.41, 5.74) is -5.48. The summed E-state index contributed by atoms with van der Waals surface area (Å²) in [5, 5.41) is 0. The number of alkyl halides is 3. The molecule has 2 rings (SSSR count). The normalized spacial score (nSPS) is 12.2. The van der Waals surface area contributed by atoms with Crippen LogP contribution >= 0.6 is 0 Å². The fraction of sp³-hybridized carbons (Fsp3) is 0.231. The van der Waals surface area contributed by atoms with Gasteiger partial charge in [0.25, 0.3) is 5.56 Å². The second kappa shape index (κ2) is 6.03. The highest BCUT2D eigenvalue weighted by atomic mass is 32.2. The van der Waals surface area contributed by atoms with Gasteiger partial charge in [0.1, 0.15) is 5.75 Å². The molecular formula is C13H11F3N2O4S. The van der Waals surface area contributed by atoms with Gasteiger partial charge < -0.3 is 8.75 Å².